The molecule has 4 rings (SSSR count). The lowest BCUT2D eigenvalue weighted by atomic mass is 9.97. The summed E-state index contributed by atoms with van der Waals surface area (Å²) in [5.74, 6) is 0.979. The number of rotatable bonds is 4. The molecule has 0 aromatic heterocycles. The molecule has 2 aromatic carbocycles. The lowest BCUT2D eigenvalue weighted by molar-refractivity contribution is -0.129. The van der Waals surface area contributed by atoms with Crippen molar-refractivity contribution in [2.75, 3.05) is 19.9 Å². The van der Waals surface area contributed by atoms with Crippen LogP contribution in [0.25, 0.3) is 0 Å². The summed E-state index contributed by atoms with van der Waals surface area (Å²) in [5, 5.41) is 2.94. The standard InChI is InChI=1S/C20H20N2O4/c1-13-2-4-14(5-3-13)9-21-19(23)16-10-22(11-16)20(24)15-6-7-17-18(8-15)26-12-25-17/h2-8,16H,9-12H2,1H3,(H,21,23). The number of hydrogen-bond donors (Lipinski definition) is 1. The zero-order valence-corrected chi connectivity index (χ0v) is 14.5. The van der Waals surface area contributed by atoms with Gasteiger partial charge < -0.3 is 19.7 Å². The number of nitrogens with zero attached hydrogens (tertiary/aromatic N) is 1. The molecule has 0 spiro atoms. The third-order valence-corrected chi connectivity index (χ3v) is 4.75. The van der Waals surface area contributed by atoms with Gasteiger partial charge in [-0.05, 0) is 30.7 Å². The Balaban J connectivity index is 1.28. The number of fused-ring (bicyclic) bond motifs is 1. The molecule has 0 bridgehead atoms. The molecule has 134 valence electrons. The highest BCUT2D eigenvalue weighted by atomic mass is 16.7. The van der Waals surface area contributed by atoms with E-state index in [1.54, 1.807) is 23.1 Å². The normalized spacial score (nSPS) is 15.5. The maximum absolute atomic E-state index is 12.5. The summed E-state index contributed by atoms with van der Waals surface area (Å²) in [6, 6.07) is 13.2. The Kier molecular flexibility index (Phi) is 4.24. The maximum Gasteiger partial charge on any atom is 0.254 e. The Morgan fingerprint density at radius 2 is 1.81 bits per heavy atom. The molecule has 2 aliphatic heterocycles. The van der Waals surface area contributed by atoms with Crippen molar-refractivity contribution in [3.8, 4) is 11.5 Å². The van der Waals surface area contributed by atoms with Crippen LogP contribution >= 0.6 is 0 Å². The van der Waals surface area contributed by atoms with Gasteiger partial charge in [0.15, 0.2) is 11.5 Å². The molecule has 0 atom stereocenters. The number of hydrogen-bond acceptors (Lipinski definition) is 4. The van der Waals surface area contributed by atoms with Crippen LogP contribution < -0.4 is 14.8 Å². The topological polar surface area (TPSA) is 67.9 Å². The van der Waals surface area contributed by atoms with Crippen LogP contribution in [0.4, 0.5) is 0 Å². The molecule has 2 aromatic rings. The molecule has 2 aliphatic rings. The average molecular weight is 352 g/mol. The zero-order valence-electron chi connectivity index (χ0n) is 14.5. The lowest BCUT2D eigenvalue weighted by Crippen LogP contribution is -2.55. The number of aryl methyl sites for hydroxylation is 1. The molecule has 0 aliphatic carbocycles. The molecule has 6 heteroatoms. The van der Waals surface area contributed by atoms with Crippen LogP contribution in [-0.2, 0) is 11.3 Å². The van der Waals surface area contributed by atoms with Gasteiger partial charge in [0, 0.05) is 25.2 Å². The Hall–Kier alpha value is -3.02. The van der Waals surface area contributed by atoms with Gasteiger partial charge in [-0.3, -0.25) is 9.59 Å². The first kappa shape index (κ1) is 16.4. The molecule has 0 saturated carbocycles. The molecule has 6 nitrogen and oxygen atoms in total. The Bertz CT molecular complexity index is 841. The minimum atomic E-state index is -0.154. The van der Waals surface area contributed by atoms with Gasteiger partial charge in [-0.15, -0.1) is 0 Å². The van der Waals surface area contributed by atoms with Crippen molar-refractivity contribution in [1.82, 2.24) is 10.2 Å². The van der Waals surface area contributed by atoms with Crippen LogP contribution in [-0.4, -0.2) is 36.6 Å². The van der Waals surface area contributed by atoms with Crippen molar-refractivity contribution >= 4 is 11.8 Å². The summed E-state index contributed by atoms with van der Waals surface area (Å²) in [5.41, 5.74) is 2.81. The molecular formula is C20H20N2O4. The molecule has 1 saturated heterocycles. The summed E-state index contributed by atoms with van der Waals surface area (Å²) in [6.07, 6.45) is 0. The Morgan fingerprint density at radius 3 is 2.58 bits per heavy atom. The number of carbonyl (C=O) groups excluding carboxylic acids is 2. The summed E-state index contributed by atoms with van der Waals surface area (Å²) in [6.45, 7) is 3.59. The molecule has 26 heavy (non-hydrogen) atoms. The highest BCUT2D eigenvalue weighted by Gasteiger charge is 2.36. The highest BCUT2D eigenvalue weighted by molar-refractivity contribution is 5.96. The molecular weight excluding hydrogens is 332 g/mol. The van der Waals surface area contributed by atoms with E-state index in [-0.39, 0.29) is 24.5 Å². The van der Waals surface area contributed by atoms with Gasteiger partial charge in [0.05, 0.1) is 5.92 Å². The van der Waals surface area contributed by atoms with Gasteiger partial charge in [-0.1, -0.05) is 29.8 Å². The van der Waals surface area contributed by atoms with Gasteiger partial charge in [0.1, 0.15) is 0 Å². The first-order chi connectivity index (χ1) is 12.6. The second-order valence-electron chi connectivity index (χ2n) is 6.68. The van der Waals surface area contributed by atoms with E-state index in [9.17, 15) is 9.59 Å². The van der Waals surface area contributed by atoms with Crippen molar-refractivity contribution in [1.29, 1.82) is 0 Å². The number of benzene rings is 2. The van der Waals surface area contributed by atoms with Gasteiger partial charge in [-0.25, -0.2) is 0 Å². The summed E-state index contributed by atoms with van der Waals surface area (Å²) < 4.78 is 10.6. The van der Waals surface area contributed by atoms with Crippen LogP contribution in [0.15, 0.2) is 42.5 Å². The molecule has 1 fully saturated rings. The first-order valence-electron chi connectivity index (χ1n) is 8.62. The maximum atomic E-state index is 12.5. The van der Waals surface area contributed by atoms with Gasteiger partial charge >= 0.3 is 0 Å². The first-order valence-corrected chi connectivity index (χ1v) is 8.62. The largest absolute Gasteiger partial charge is 0.454 e. The number of amides is 2. The van der Waals surface area contributed by atoms with Crippen molar-refractivity contribution in [2.45, 2.75) is 13.5 Å². The van der Waals surface area contributed by atoms with E-state index in [4.69, 9.17) is 9.47 Å². The number of likely N-dealkylation sites (tertiary alicyclic amines) is 1. The van der Waals surface area contributed by atoms with Crippen LogP contribution in [0.1, 0.15) is 21.5 Å². The zero-order chi connectivity index (χ0) is 18.1. The predicted molar refractivity (Wildman–Crippen MR) is 95.0 cm³/mol. The Morgan fingerprint density at radius 1 is 1.08 bits per heavy atom. The van der Waals surface area contributed by atoms with E-state index in [0.717, 1.165) is 5.56 Å². The molecule has 1 N–H and O–H groups in total. The molecule has 0 unspecified atom stereocenters. The van der Waals surface area contributed by atoms with Crippen molar-refractivity contribution < 1.29 is 19.1 Å². The SMILES string of the molecule is Cc1ccc(CNC(=O)C2CN(C(=O)c3ccc4c(c3)OCO4)C2)cc1. The van der Waals surface area contributed by atoms with E-state index in [1.807, 2.05) is 31.2 Å². The van der Waals surface area contributed by atoms with Crippen LogP contribution in [0.3, 0.4) is 0 Å². The van der Waals surface area contributed by atoms with Crippen LogP contribution in [0, 0.1) is 12.8 Å². The van der Waals surface area contributed by atoms with Gasteiger partial charge in [-0.2, -0.15) is 0 Å². The molecule has 0 radical (unpaired) electrons. The van der Waals surface area contributed by atoms with Crippen molar-refractivity contribution in [3.63, 3.8) is 0 Å². The lowest BCUT2D eigenvalue weighted by Gasteiger charge is -2.38. The molecule has 2 heterocycles. The van der Waals surface area contributed by atoms with Crippen LogP contribution in [0.2, 0.25) is 0 Å². The van der Waals surface area contributed by atoms with Crippen molar-refractivity contribution in [3.05, 3.63) is 59.2 Å². The van der Waals surface area contributed by atoms with E-state index in [0.29, 0.717) is 36.7 Å². The summed E-state index contributed by atoms with van der Waals surface area (Å²) in [4.78, 5) is 26.4. The fraction of sp³-hybridized carbons (Fsp3) is 0.300. The second kappa shape index (κ2) is 6.71. The highest BCUT2D eigenvalue weighted by Crippen LogP contribution is 2.33. The number of carbonyl (C=O) groups is 2. The number of ether oxygens (including phenoxy) is 2. The van der Waals surface area contributed by atoms with Crippen molar-refractivity contribution in [2.24, 2.45) is 5.92 Å². The van der Waals surface area contributed by atoms with Crippen LogP contribution in [0.5, 0.6) is 11.5 Å². The third-order valence-electron chi connectivity index (χ3n) is 4.75. The quantitative estimate of drug-likeness (QED) is 0.915. The third kappa shape index (κ3) is 3.22. The minimum absolute atomic E-state index is 0.0136. The van der Waals surface area contributed by atoms with Gasteiger partial charge in [0.2, 0.25) is 12.7 Å². The minimum Gasteiger partial charge on any atom is -0.454 e. The fourth-order valence-corrected chi connectivity index (χ4v) is 3.06. The average Bonchev–Trinajstić information content (AvgIpc) is 3.07. The molecule has 2 amide bonds. The van der Waals surface area contributed by atoms with Gasteiger partial charge in [0.25, 0.3) is 5.91 Å². The summed E-state index contributed by atoms with van der Waals surface area (Å²) >= 11 is 0. The summed E-state index contributed by atoms with van der Waals surface area (Å²) in [7, 11) is 0. The number of nitrogens with one attached hydrogen (secondary N) is 1. The smallest absolute Gasteiger partial charge is 0.254 e. The van der Waals surface area contributed by atoms with E-state index >= 15 is 0 Å². The fourth-order valence-electron chi connectivity index (χ4n) is 3.06. The van der Waals surface area contributed by atoms with E-state index < -0.39 is 0 Å². The Labute approximate surface area is 151 Å². The predicted octanol–water partition coefficient (Wildman–Crippen LogP) is 2.11. The van der Waals surface area contributed by atoms with E-state index in [1.165, 1.54) is 5.56 Å². The second-order valence-corrected chi connectivity index (χ2v) is 6.68. The van der Waals surface area contributed by atoms with E-state index in [2.05, 4.69) is 5.32 Å². The monoisotopic (exact) mass is 352 g/mol.